The van der Waals surface area contributed by atoms with E-state index in [0.717, 1.165) is 6.54 Å². The Morgan fingerprint density at radius 1 is 1.33 bits per heavy atom. The Labute approximate surface area is 122 Å². The van der Waals surface area contributed by atoms with Crippen molar-refractivity contribution < 1.29 is 9.84 Å². The van der Waals surface area contributed by atoms with Gasteiger partial charge in [-0.05, 0) is 13.0 Å². The van der Waals surface area contributed by atoms with Gasteiger partial charge in [0, 0.05) is 24.5 Å². The minimum atomic E-state index is -0.0895. The van der Waals surface area contributed by atoms with Gasteiger partial charge in [0.2, 0.25) is 5.65 Å². The van der Waals surface area contributed by atoms with Crippen molar-refractivity contribution in [2.75, 3.05) is 11.9 Å². The highest BCUT2D eigenvalue weighted by molar-refractivity contribution is 5.55. The zero-order valence-corrected chi connectivity index (χ0v) is 11.7. The first-order chi connectivity index (χ1) is 10.3. The molecule has 0 saturated heterocycles. The Morgan fingerprint density at radius 2 is 2.19 bits per heavy atom. The highest BCUT2D eigenvalue weighted by Crippen LogP contribution is 2.27. The van der Waals surface area contributed by atoms with Gasteiger partial charge in [0.25, 0.3) is 5.88 Å². The fourth-order valence-corrected chi connectivity index (χ4v) is 2.08. The number of aliphatic hydroxyl groups excluding tert-OH is 1. The van der Waals surface area contributed by atoms with Crippen LogP contribution >= 0.6 is 0 Å². The van der Waals surface area contributed by atoms with Gasteiger partial charge >= 0.3 is 0 Å². The van der Waals surface area contributed by atoms with E-state index >= 15 is 0 Å². The number of aromatic nitrogens is 3. The lowest BCUT2D eigenvalue weighted by Crippen LogP contribution is -2.03. The molecule has 1 aromatic carbocycles. The number of hydrogen-bond acceptors (Lipinski definition) is 5. The quantitative estimate of drug-likeness (QED) is 0.753. The van der Waals surface area contributed by atoms with Gasteiger partial charge in [-0.25, -0.2) is 4.98 Å². The number of rotatable bonds is 5. The summed E-state index contributed by atoms with van der Waals surface area (Å²) in [6.45, 7) is 2.68. The minimum Gasteiger partial charge on any atom is -0.435 e. The first-order valence-electron chi connectivity index (χ1n) is 6.76. The number of hydrogen-bond donors (Lipinski definition) is 2. The molecule has 0 aliphatic carbocycles. The first-order valence-corrected chi connectivity index (χ1v) is 6.76. The Balaban J connectivity index is 2.04. The summed E-state index contributed by atoms with van der Waals surface area (Å²) in [6, 6.07) is 7.32. The molecule has 6 heteroatoms. The molecule has 0 aliphatic rings. The third kappa shape index (κ3) is 2.66. The Hall–Kier alpha value is -2.60. The largest absolute Gasteiger partial charge is 0.435 e. The number of aliphatic hydroxyl groups is 1. The van der Waals surface area contributed by atoms with Crippen LogP contribution in [0.5, 0.6) is 11.6 Å². The molecule has 0 bridgehead atoms. The standard InChI is InChI=1S/C15H16N4O2/c1-2-16-13-9-19-8-7-17-14(19)15(18-13)21-12-6-4-3-5-11(12)10-20/h3-9,16,20H,2,10H2,1H3. The monoisotopic (exact) mass is 284 g/mol. The van der Waals surface area contributed by atoms with E-state index < -0.39 is 0 Å². The lowest BCUT2D eigenvalue weighted by atomic mass is 10.2. The molecular weight excluding hydrogens is 268 g/mol. The van der Waals surface area contributed by atoms with Crippen molar-refractivity contribution in [3.8, 4) is 11.6 Å². The zero-order valence-electron chi connectivity index (χ0n) is 11.7. The summed E-state index contributed by atoms with van der Waals surface area (Å²) in [7, 11) is 0. The predicted molar refractivity (Wildman–Crippen MR) is 79.6 cm³/mol. The van der Waals surface area contributed by atoms with E-state index in [1.165, 1.54) is 0 Å². The number of benzene rings is 1. The molecule has 0 unspecified atom stereocenters. The van der Waals surface area contributed by atoms with E-state index in [9.17, 15) is 5.11 Å². The van der Waals surface area contributed by atoms with Gasteiger partial charge in [-0.2, -0.15) is 4.98 Å². The van der Waals surface area contributed by atoms with Crippen molar-refractivity contribution >= 4 is 11.5 Å². The van der Waals surface area contributed by atoms with Gasteiger partial charge in [-0.15, -0.1) is 0 Å². The maximum Gasteiger partial charge on any atom is 0.265 e. The van der Waals surface area contributed by atoms with Gasteiger partial charge in [-0.1, -0.05) is 18.2 Å². The first kappa shape index (κ1) is 13.4. The van der Waals surface area contributed by atoms with Gasteiger partial charge < -0.3 is 15.2 Å². The predicted octanol–water partition coefficient (Wildman–Crippen LogP) is 2.45. The molecule has 0 aliphatic heterocycles. The van der Waals surface area contributed by atoms with Crippen LogP contribution in [0.15, 0.2) is 42.9 Å². The molecule has 2 aromatic heterocycles. The fraction of sp³-hybridized carbons (Fsp3) is 0.200. The summed E-state index contributed by atoms with van der Waals surface area (Å²) in [6.07, 6.45) is 5.39. The molecule has 3 rings (SSSR count). The third-order valence-corrected chi connectivity index (χ3v) is 3.05. The van der Waals surface area contributed by atoms with Crippen molar-refractivity contribution in [1.29, 1.82) is 0 Å². The van der Waals surface area contributed by atoms with E-state index in [1.807, 2.05) is 41.9 Å². The van der Waals surface area contributed by atoms with Crippen LogP contribution in [0.1, 0.15) is 12.5 Å². The number of nitrogens with zero attached hydrogens (tertiary/aromatic N) is 3. The SMILES string of the molecule is CCNc1cn2ccnc2c(Oc2ccccc2CO)n1. The molecule has 0 atom stereocenters. The maximum atomic E-state index is 9.37. The van der Waals surface area contributed by atoms with E-state index in [1.54, 1.807) is 12.3 Å². The van der Waals surface area contributed by atoms with Gasteiger partial charge in [0.1, 0.15) is 11.6 Å². The average molecular weight is 284 g/mol. The van der Waals surface area contributed by atoms with Crippen molar-refractivity contribution in [3.05, 3.63) is 48.4 Å². The zero-order chi connectivity index (χ0) is 14.7. The van der Waals surface area contributed by atoms with Crippen LogP contribution in [0.2, 0.25) is 0 Å². The van der Waals surface area contributed by atoms with Crippen molar-refractivity contribution in [2.24, 2.45) is 0 Å². The number of anilines is 1. The molecule has 0 radical (unpaired) electrons. The van der Waals surface area contributed by atoms with Crippen LogP contribution in [0.25, 0.3) is 5.65 Å². The second-order valence-corrected chi connectivity index (χ2v) is 4.49. The summed E-state index contributed by atoms with van der Waals surface area (Å²) in [5.74, 6) is 1.69. The molecule has 21 heavy (non-hydrogen) atoms. The van der Waals surface area contributed by atoms with Crippen LogP contribution in [0.3, 0.4) is 0 Å². The maximum absolute atomic E-state index is 9.37. The highest BCUT2D eigenvalue weighted by Gasteiger charge is 2.11. The molecule has 0 saturated carbocycles. The van der Waals surface area contributed by atoms with Crippen LogP contribution in [-0.4, -0.2) is 26.0 Å². The molecule has 108 valence electrons. The second-order valence-electron chi connectivity index (χ2n) is 4.49. The van der Waals surface area contributed by atoms with Gasteiger partial charge in [-0.3, -0.25) is 4.40 Å². The fourth-order valence-electron chi connectivity index (χ4n) is 2.08. The van der Waals surface area contributed by atoms with E-state index in [2.05, 4.69) is 15.3 Å². The van der Waals surface area contributed by atoms with Crippen LogP contribution in [0, 0.1) is 0 Å². The molecule has 0 spiro atoms. The second kappa shape index (κ2) is 5.80. The number of para-hydroxylation sites is 1. The van der Waals surface area contributed by atoms with Crippen LogP contribution in [0.4, 0.5) is 5.82 Å². The van der Waals surface area contributed by atoms with E-state index in [4.69, 9.17) is 4.74 Å². The molecule has 2 N–H and O–H groups in total. The van der Waals surface area contributed by atoms with Crippen LogP contribution < -0.4 is 10.1 Å². The normalized spacial score (nSPS) is 10.8. The molecule has 0 amide bonds. The number of ether oxygens (including phenoxy) is 1. The Bertz CT molecular complexity index is 754. The van der Waals surface area contributed by atoms with Gasteiger partial charge in [0.15, 0.2) is 0 Å². The Kier molecular flexibility index (Phi) is 3.70. The Morgan fingerprint density at radius 3 is 3.00 bits per heavy atom. The number of fused-ring (bicyclic) bond motifs is 1. The van der Waals surface area contributed by atoms with Crippen molar-refractivity contribution in [2.45, 2.75) is 13.5 Å². The molecular formula is C15H16N4O2. The van der Waals surface area contributed by atoms with E-state index in [-0.39, 0.29) is 6.61 Å². The van der Waals surface area contributed by atoms with Gasteiger partial charge in [0.05, 0.1) is 12.8 Å². The molecule has 6 nitrogen and oxygen atoms in total. The summed E-state index contributed by atoms with van der Waals surface area (Å²) in [5, 5.41) is 12.5. The molecule has 3 aromatic rings. The van der Waals surface area contributed by atoms with Crippen molar-refractivity contribution in [1.82, 2.24) is 14.4 Å². The molecule has 2 heterocycles. The van der Waals surface area contributed by atoms with Crippen molar-refractivity contribution in [3.63, 3.8) is 0 Å². The smallest absolute Gasteiger partial charge is 0.265 e. The minimum absolute atomic E-state index is 0.0895. The summed E-state index contributed by atoms with van der Waals surface area (Å²) in [5.41, 5.74) is 1.34. The highest BCUT2D eigenvalue weighted by atomic mass is 16.5. The summed E-state index contributed by atoms with van der Waals surface area (Å²) < 4.78 is 7.71. The van der Waals surface area contributed by atoms with E-state index in [0.29, 0.717) is 28.7 Å². The number of nitrogens with one attached hydrogen (secondary N) is 1. The average Bonchev–Trinajstić information content (AvgIpc) is 2.97. The number of imidazole rings is 1. The topological polar surface area (TPSA) is 71.7 Å². The molecule has 0 fully saturated rings. The lowest BCUT2D eigenvalue weighted by molar-refractivity contribution is 0.276. The van der Waals surface area contributed by atoms with Crippen LogP contribution in [-0.2, 0) is 6.61 Å². The lowest BCUT2D eigenvalue weighted by Gasteiger charge is -2.11. The summed E-state index contributed by atoms with van der Waals surface area (Å²) in [4.78, 5) is 8.69. The third-order valence-electron chi connectivity index (χ3n) is 3.05. The summed E-state index contributed by atoms with van der Waals surface area (Å²) >= 11 is 0.